The molecule has 4 nitrogen and oxygen atoms in total. The van der Waals surface area contributed by atoms with Crippen molar-refractivity contribution in [3.05, 3.63) is 23.8 Å². The van der Waals surface area contributed by atoms with Crippen molar-refractivity contribution in [1.82, 2.24) is 0 Å². The Hall–Kier alpha value is -1.26. The Kier molecular flexibility index (Phi) is 2.08. The van der Waals surface area contributed by atoms with E-state index in [1.807, 2.05) is 25.1 Å². The zero-order chi connectivity index (χ0) is 9.26. The quantitative estimate of drug-likeness (QED) is 0.700. The maximum absolute atomic E-state index is 5.22. The Morgan fingerprint density at radius 1 is 1.38 bits per heavy atom. The SMILES string of the molecule is CC(ON)c1ccc2c(c1)OCO2. The normalized spacial score (nSPS) is 15.8. The minimum atomic E-state index is -0.130. The van der Waals surface area contributed by atoms with Crippen LogP contribution in [0.5, 0.6) is 11.5 Å². The second-order valence-corrected chi connectivity index (χ2v) is 2.89. The molecule has 0 saturated carbocycles. The first-order valence-corrected chi connectivity index (χ1v) is 4.06. The van der Waals surface area contributed by atoms with Crippen LogP contribution in [0, 0.1) is 0 Å². The number of benzene rings is 1. The lowest BCUT2D eigenvalue weighted by atomic mass is 10.1. The molecule has 2 rings (SSSR count). The van der Waals surface area contributed by atoms with Crippen LogP contribution in [0.1, 0.15) is 18.6 Å². The lowest BCUT2D eigenvalue weighted by molar-refractivity contribution is 0.0662. The second-order valence-electron chi connectivity index (χ2n) is 2.89. The molecule has 1 aliphatic heterocycles. The fourth-order valence-corrected chi connectivity index (χ4v) is 1.24. The average Bonchev–Trinajstić information content (AvgIpc) is 2.63. The number of ether oxygens (including phenoxy) is 2. The minimum absolute atomic E-state index is 0.130. The number of fused-ring (bicyclic) bond motifs is 1. The van der Waals surface area contributed by atoms with Gasteiger partial charge in [0.1, 0.15) is 6.10 Å². The summed E-state index contributed by atoms with van der Waals surface area (Å²) in [7, 11) is 0. The maximum atomic E-state index is 5.22. The summed E-state index contributed by atoms with van der Waals surface area (Å²) in [5, 5.41) is 0. The van der Waals surface area contributed by atoms with Crippen LogP contribution in [0.2, 0.25) is 0 Å². The van der Waals surface area contributed by atoms with E-state index in [-0.39, 0.29) is 12.9 Å². The lowest BCUT2D eigenvalue weighted by Crippen LogP contribution is -2.04. The molecule has 70 valence electrons. The van der Waals surface area contributed by atoms with E-state index in [4.69, 9.17) is 20.2 Å². The van der Waals surface area contributed by atoms with Crippen molar-refractivity contribution in [2.75, 3.05) is 6.79 Å². The van der Waals surface area contributed by atoms with Crippen molar-refractivity contribution in [2.24, 2.45) is 5.90 Å². The molecule has 0 bridgehead atoms. The largest absolute Gasteiger partial charge is 0.454 e. The molecule has 0 amide bonds. The summed E-state index contributed by atoms with van der Waals surface area (Å²) in [5.41, 5.74) is 0.978. The van der Waals surface area contributed by atoms with E-state index in [1.165, 1.54) is 0 Å². The monoisotopic (exact) mass is 181 g/mol. The van der Waals surface area contributed by atoms with E-state index >= 15 is 0 Å². The standard InChI is InChI=1S/C9H11NO3/c1-6(13-10)7-2-3-8-9(4-7)12-5-11-8/h2-4,6H,5,10H2,1H3. The van der Waals surface area contributed by atoms with Crippen LogP contribution < -0.4 is 15.4 Å². The van der Waals surface area contributed by atoms with Crippen molar-refractivity contribution in [3.8, 4) is 11.5 Å². The van der Waals surface area contributed by atoms with Crippen LogP contribution in [0.3, 0.4) is 0 Å². The molecule has 1 unspecified atom stereocenters. The third-order valence-electron chi connectivity index (χ3n) is 2.07. The maximum Gasteiger partial charge on any atom is 0.231 e. The molecule has 1 aromatic rings. The summed E-state index contributed by atoms with van der Waals surface area (Å²) in [4.78, 5) is 4.70. The van der Waals surface area contributed by atoms with Gasteiger partial charge in [-0.25, -0.2) is 5.90 Å². The molecule has 1 aliphatic rings. The van der Waals surface area contributed by atoms with Crippen LogP contribution in [0.15, 0.2) is 18.2 Å². The topological polar surface area (TPSA) is 53.7 Å². The summed E-state index contributed by atoms with van der Waals surface area (Å²) in [6.45, 7) is 2.16. The van der Waals surface area contributed by atoms with Gasteiger partial charge < -0.3 is 9.47 Å². The highest BCUT2D eigenvalue weighted by Gasteiger charge is 2.15. The number of rotatable bonds is 2. The number of nitrogens with two attached hydrogens (primary N) is 1. The Balaban J connectivity index is 2.30. The van der Waals surface area contributed by atoms with E-state index in [2.05, 4.69) is 0 Å². The van der Waals surface area contributed by atoms with Crippen LogP contribution in [0.25, 0.3) is 0 Å². The summed E-state index contributed by atoms with van der Waals surface area (Å²) >= 11 is 0. The van der Waals surface area contributed by atoms with Crippen LogP contribution in [0.4, 0.5) is 0 Å². The molecule has 0 radical (unpaired) electrons. The molecule has 0 saturated heterocycles. The van der Waals surface area contributed by atoms with Crippen molar-refractivity contribution in [1.29, 1.82) is 0 Å². The van der Waals surface area contributed by atoms with Gasteiger partial charge in [-0.15, -0.1) is 0 Å². The van der Waals surface area contributed by atoms with Crippen molar-refractivity contribution >= 4 is 0 Å². The average molecular weight is 181 g/mol. The fourth-order valence-electron chi connectivity index (χ4n) is 1.24. The lowest BCUT2D eigenvalue weighted by Gasteiger charge is -2.08. The second kappa shape index (κ2) is 3.24. The zero-order valence-corrected chi connectivity index (χ0v) is 7.32. The van der Waals surface area contributed by atoms with E-state index in [9.17, 15) is 0 Å². The van der Waals surface area contributed by atoms with Crippen molar-refractivity contribution < 1.29 is 14.3 Å². The Labute approximate surface area is 76.2 Å². The van der Waals surface area contributed by atoms with E-state index < -0.39 is 0 Å². The summed E-state index contributed by atoms with van der Waals surface area (Å²) in [5.74, 6) is 6.60. The molecular weight excluding hydrogens is 170 g/mol. The van der Waals surface area contributed by atoms with E-state index in [0.717, 1.165) is 17.1 Å². The summed E-state index contributed by atoms with van der Waals surface area (Å²) in [6, 6.07) is 5.64. The number of hydrogen-bond donors (Lipinski definition) is 1. The van der Waals surface area contributed by atoms with E-state index in [1.54, 1.807) is 0 Å². The fraction of sp³-hybridized carbons (Fsp3) is 0.333. The first kappa shape index (κ1) is 8.34. The van der Waals surface area contributed by atoms with Gasteiger partial charge in [0, 0.05) is 0 Å². The van der Waals surface area contributed by atoms with Gasteiger partial charge >= 0.3 is 0 Å². The van der Waals surface area contributed by atoms with Crippen LogP contribution >= 0.6 is 0 Å². The Morgan fingerprint density at radius 2 is 2.15 bits per heavy atom. The van der Waals surface area contributed by atoms with Gasteiger partial charge in [0.15, 0.2) is 11.5 Å². The predicted octanol–water partition coefficient (Wildman–Crippen LogP) is 1.37. The summed E-state index contributed by atoms with van der Waals surface area (Å²) < 4.78 is 10.4. The first-order chi connectivity index (χ1) is 6.31. The molecule has 2 N–H and O–H groups in total. The zero-order valence-electron chi connectivity index (χ0n) is 7.32. The van der Waals surface area contributed by atoms with Crippen LogP contribution in [-0.2, 0) is 4.84 Å². The molecule has 0 aromatic heterocycles. The van der Waals surface area contributed by atoms with Gasteiger partial charge in [0.2, 0.25) is 6.79 Å². The molecule has 0 aliphatic carbocycles. The highest BCUT2D eigenvalue weighted by Crippen LogP contribution is 2.34. The predicted molar refractivity (Wildman–Crippen MR) is 46.3 cm³/mol. The van der Waals surface area contributed by atoms with Crippen molar-refractivity contribution in [3.63, 3.8) is 0 Å². The highest BCUT2D eigenvalue weighted by atomic mass is 16.7. The molecular formula is C9H11NO3. The number of hydrogen-bond acceptors (Lipinski definition) is 4. The Morgan fingerprint density at radius 3 is 2.92 bits per heavy atom. The van der Waals surface area contributed by atoms with Gasteiger partial charge in [0.25, 0.3) is 0 Å². The van der Waals surface area contributed by atoms with Gasteiger partial charge in [-0.3, -0.25) is 4.84 Å². The van der Waals surface area contributed by atoms with Gasteiger partial charge in [0.05, 0.1) is 0 Å². The van der Waals surface area contributed by atoms with Gasteiger partial charge in [-0.2, -0.15) is 0 Å². The first-order valence-electron chi connectivity index (χ1n) is 4.06. The highest BCUT2D eigenvalue weighted by molar-refractivity contribution is 5.44. The molecule has 4 heteroatoms. The van der Waals surface area contributed by atoms with E-state index in [0.29, 0.717) is 0 Å². The molecule has 0 fully saturated rings. The van der Waals surface area contributed by atoms with Crippen LogP contribution in [-0.4, -0.2) is 6.79 Å². The van der Waals surface area contributed by atoms with Crippen molar-refractivity contribution in [2.45, 2.75) is 13.0 Å². The molecule has 0 spiro atoms. The molecule has 1 aromatic carbocycles. The smallest absolute Gasteiger partial charge is 0.231 e. The summed E-state index contributed by atoms with van der Waals surface area (Å²) in [6.07, 6.45) is -0.130. The van der Waals surface area contributed by atoms with Gasteiger partial charge in [-0.1, -0.05) is 6.07 Å². The molecule has 1 heterocycles. The Bertz CT molecular complexity index is 314. The molecule has 1 atom stereocenters. The third kappa shape index (κ3) is 1.46. The third-order valence-corrected chi connectivity index (χ3v) is 2.07. The molecule has 13 heavy (non-hydrogen) atoms. The minimum Gasteiger partial charge on any atom is -0.454 e. The van der Waals surface area contributed by atoms with Gasteiger partial charge in [-0.05, 0) is 24.6 Å².